The lowest BCUT2D eigenvalue weighted by atomic mass is 10.1. The number of ether oxygens (including phenoxy) is 1. The summed E-state index contributed by atoms with van der Waals surface area (Å²) in [6.07, 6.45) is 6.09. The molecule has 23 heavy (non-hydrogen) atoms. The first-order valence-corrected chi connectivity index (χ1v) is 8.44. The second kappa shape index (κ2) is 7.34. The lowest BCUT2D eigenvalue weighted by Gasteiger charge is -2.35. The molecule has 1 aliphatic rings. The predicted molar refractivity (Wildman–Crippen MR) is 89.5 cm³/mol. The third-order valence-electron chi connectivity index (χ3n) is 4.11. The van der Waals surface area contributed by atoms with E-state index in [2.05, 4.69) is 10.3 Å². The number of likely N-dealkylation sites (tertiary alicyclic amines) is 1. The van der Waals surface area contributed by atoms with Crippen LogP contribution < -0.4 is 9.88 Å². The number of aromatic nitrogens is 2. The first kappa shape index (κ1) is 17.8. The van der Waals surface area contributed by atoms with Crippen LogP contribution >= 0.6 is 11.6 Å². The summed E-state index contributed by atoms with van der Waals surface area (Å²) < 4.78 is 7.44. The van der Waals surface area contributed by atoms with Gasteiger partial charge in [-0.25, -0.2) is 14.3 Å². The number of piperidine rings is 1. The van der Waals surface area contributed by atoms with Crippen LogP contribution in [0.3, 0.4) is 0 Å². The summed E-state index contributed by atoms with van der Waals surface area (Å²) in [5, 5.41) is 3.80. The molecule has 0 aliphatic carbocycles. The Balaban J connectivity index is 1.96. The molecule has 2 heterocycles. The summed E-state index contributed by atoms with van der Waals surface area (Å²) in [4.78, 5) is 18.4. The SMILES string of the molecule is CCC(C)(C)OC(=O)N1CCCC(Nc2c[n+](C)cc(Cl)n2)C1. The van der Waals surface area contributed by atoms with Gasteiger partial charge in [0.2, 0.25) is 12.4 Å². The van der Waals surface area contributed by atoms with Gasteiger partial charge < -0.3 is 15.0 Å². The van der Waals surface area contributed by atoms with Gasteiger partial charge in [-0.05, 0) is 33.1 Å². The number of amides is 1. The molecule has 0 radical (unpaired) electrons. The Bertz CT molecular complexity index is 545. The number of anilines is 1. The molecule has 2 rings (SSSR count). The van der Waals surface area contributed by atoms with E-state index in [0.717, 1.165) is 25.8 Å². The summed E-state index contributed by atoms with van der Waals surface area (Å²) in [6, 6.07) is 0.145. The second-order valence-electron chi connectivity index (χ2n) is 6.65. The van der Waals surface area contributed by atoms with Crippen LogP contribution in [0.2, 0.25) is 5.15 Å². The fourth-order valence-electron chi connectivity index (χ4n) is 2.48. The maximum Gasteiger partial charge on any atom is 0.410 e. The molecule has 1 amide bonds. The Hall–Kier alpha value is -1.56. The Kier molecular flexibility index (Phi) is 5.68. The molecule has 6 nitrogen and oxygen atoms in total. The summed E-state index contributed by atoms with van der Waals surface area (Å²) in [5.41, 5.74) is -0.431. The first-order chi connectivity index (χ1) is 10.8. The number of hydrogen-bond donors (Lipinski definition) is 1. The lowest BCUT2D eigenvalue weighted by Crippen LogP contribution is -2.47. The second-order valence-corrected chi connectivity index (χ2v) is 7.04. The van der Waals surface area contributed by atoms with Crippen molar-refractivity contribution in [2.24, 2.45) is 7.05 Å². The maximum atomic E-state index is 12.3. The van der Waals surface area contributed by atoms with E-state index in [4.69, 9.17) is 16.3 Å². The number of hydrogen-bond acceptors (Lipinski definition) is 4. The minimum absolute atomic E-state index is 0.145. The average Bonchev–Trinajstić information content (AvgIpc) is 2.46. The van der Waals surface area contributed by atoms with Crippen molar-refractivity contribution in [3.05, 3.63) is 17.5 Å². The van der Waals surface area contributed by atoms with E-state index in [-0.39, 0.29) is 12.1 Å². The summed E-state index contributed by atoms with van der Waals surface area (Å²) in [5.74, 6) is 0.717. The minimum Gasteiger partial charge on any atom is -0.443 e. The fourth-order valence-corrected chi connectivity index (χ4v) is 2.73. The number of nitrogens with zero attached hydrogens (tertiary/aromatic N) is 3. The van der Waals surface area contributed by atoms with Crippen LogP contribution in [0.1, 0.15) is 40.0 Å². The van der Waals surface area contributed by atoms with Gasteiger partial charge in [-0.2, -0.15) is 0 Å². The van der Waals surface area contributed by atoms with Crippen molar-refractivity contribution in [3.63, 3.8) is 0 Å². The number of nitrogens with one attached hydrogen (secondary N) is 1. The molecule has 1 aromatic rings. The molecule has 1 N–H and O–H groups in total. The highest BCUT2D eigenvalue weighted by molar-refractivity contribution is 6.29. The van der Waals surface area contributed by atoms with E-state index in [9.17, 15) is 4.79 Å². The van der Waals surface area contributed by atoms with E-state index in [1.54, 1.807) is 11.1 Å². The third-order valence-corrected chi connectivity index (χ3v) is 4.29. The van der Waals surface area contributed by atoms with E-state index < -0.39 is 5.60 Å². The molecule has 0 saturated carbocycles. The van der Waals surface area contributed by atoms with Crippen molar-refractivity contribution in [1.82, 2.24) is 9.88 Å². The van der Waals surface area contributed by atoms with Gasteiger partial charge >= 0.3 is 6.09 Å². The van der Waals surface area contributed by atoms with Gasteiger partial charge in [-0.15, -0.1) is 0 Å². The summed E-state index contributed by atoms with van der Waals surface area (Å²) in [7, 11) is 1.90. The molecule has 1 aliphatic heterocycles. The molecule has 0 spiro atoms. The number of aryl methyl sites for hydroxylation is 1. The largest absolute Gasteiger partial charge is 0.443 e. The smallest absolute Gasteiger partial charge is 0.410 e. The maximum absolute atomic E-state index is 12.3. The number of halogens is 1. The molecule has 1 fully saturated rings. The van der Waals surface area contributed by atoms with Crippen LogP contribution in [0.4, 0.5) is 10.6 Å². The minimum atomic E-state index is -0.431. The van der Waals surface area contributed by atoms with E-state index in [0.29, 0.717) is 17.5 Å². The Morgan fingerprint density at radius 3 is 2.96 bits per heavy atom. The van der Waals surface area contributed by atoms with Crippen LogP contribution in [-0.2, 0) is 11.8 Å². The van der Waals surface area contributed by atoms with Crippen molar-refractivity contribution in [2.75, 3.05) is 18.4 Å². The van der Waals surface area contributed by atoms with Crippen LogP contribution in [0.25, 0.3) is 0 Å². The molecule has 1 unspecified atom stereocenters. The Labute approximate surface area is 142 Å². The molecular formula is C16H26ClN4O2+. The monoisotopic (exact) mass is 341 g/mol. The number of carbonyl (C=O) groups is 1. The van der Waals surface area contributed by atoms with Gasteiger partial charge in [0, 0.05) is 19.1 Å². The van der Waals surface area contributed by atoms with Gasteiger partial charge in [0.25, 0.3) is 0 Å². The molecule has 1 atom stereocenters. The average molecular weight is 342 g/mol. The molecule has 1 aromatic heterocycles. The topological polar surface area (TPSA) is 58.3 Å². The van der Waals surface area contributed by atoms with Gasteiger partial charge in [0.1, 0.15) is 12.6 Å². The van der Waals surface area contributed by atoms with E-state index >= 15 is 0 Å². The lowest BCUT2D eigenvalue weighted by molar-refractivity contribution is -0.671. The molecule has 1 saturated heterocycles. The van der Waals surface area contributed by atoms with Gasteiger partial charge in [0.15, 0.2) is 11.0 Å². The van der Waals surface area contributed by atoms with Crippen LogP contribution in [0.15, 0.2) is 12.4 Å². The van der Waals surface area contributed by atoms with Crippen molar-refractivity contribution in [3.8, 4) is 0 Å². The van der Waals surface area contributed by atoms with Gasteiger partial charge in [0.05, 0.1) is 0 Å². The summed E-state index contributed by atoms with van der Waals surface area (Å²) in [6.45, 7) is 7.21. The van der Waals surface area contributed by atoms with Crippen molar-refractivity contribution >= 4 is 23.5 Å². The molecule has 128 valence electrons. The normalized spacial score (nSPS) is 18.7. The van der Waals surface area contributed by atoms with Crippen LogP contribution in [0.5, 0.6) is 0 Å². The standard InChI is InChI=1S/C16H26ClN4O2/c1-5-16(2,3)23-15(22)21-8-6-7-12(9-21)18-14-11-20(4)10-13(17)19-14/h10-12H,5-9H2,1-4H3,(H,18,19)/q+1. The van der Waals surface area contributed by atoms with Crippen molar-refractivity contribution < 1.29 is 14.1 Å². The zero-order valence-electron chi connectivity index (χ0n) is 14.3. The van der Waals surface area contributed by atoms with Crippen molar-refractivity contribution in [1.29, 1.82) is 0 Å². The van der Waals surface area contributed by atoms with E-state index in [1.165, 1.54) is 0 Å². The highest BCUT2D eigenvalue weighted by Crippen LogP contribution is 2.19. The Morgan fingerprint density at radius 1 is 1.57 bits per heavy atom. The number of rotatable bonds is 4. The van der Waals surface area contributed by atoms with Gasteiger partial charge in [-0.1, -0.05) is 18.5 Å². The van der Waals surface area contributed by atoms with E-state index in [1.807, 2.05) is 38.6 Å². The Morgan fingerprint density at radius 2 is 2.30 bits per heavy atom. The predicted octanol–water partition coefficient (Wildman–Crippen LogP) is 2.76. The quantitative estimate of drug-likeness (QED) is 0.855. The summed E-state index contributed by atoms with van der Waals surface area (Å²) >= 11 is 5.98. The molecule has 7 heteroatoms. The third kappa shape index (κ3) is 5.23. The highest BCUT2D eigenvalue weighted by Gasteiger charge is 2.29. The van der Waals surface area contributed by atoms with Crippen LogP contribution in [-0.4, -0.2) is 40.7 Å². The first-order valence-electron chi connectivity index (χ1n) is 8.06. The zero-order chi connectivity index (χ0) is 17.0. The van der Waals surface area contributed by atoms with Gasteiger partial charge in [-0.3, -0.25) is 0 Å². The number of carbonyl (C=O) groups excluding carboxylic acids is 1. The molecule has 0 aromatic carbocycles. The zero-order valence-corrected chi connectivity index (χ0v) is 15.1. The van der Waals surface area contributed by atoms with Crippen molar-refractivity contribution in [2.45, 2.75) is 51.7 Å². The fraction of sp³-hybridized carbons (Fsp3) is 0.688. The van der Waals surface area contributed by atoms with Crippen LogP contribution in [0, 0.1) is 0 Å². The molecule has 0 bridgehead atoms. The highest BCUT2D eigenvalue weighted by atomic mass is 35.5. The molecular weight excluding hydrogens is 316 g/mol.